The summed E-state index contributed by atoms with van der Waals surface area (Å²) in [7, 11) is 0. The summed E-state index contributed by atoms with van der Waals surface area (Å²) in [6.07, 6.45) is 0.962. The summed E-state index contributed by atoms with van der Waals surface area (Å²) in [5.74, 6) is 0.650. The maximum atomic E-state index is 11.2. The van der Waals surface area contributed by atoms with Crippen molar-refractivity contribution in [2.45, 2.75) is 6.42 Å². The molecule has 1 aliphatic heterocycles. The van der Waals surface area contributed by atoms with E-state index in [1.54, 1.807) is 10.3 Å². The summed E-state index contributed by atoms with van der Waals surface area (Å²) >= 11 is 1.25. The summed E-state index contributed by atoms with van der Waals surface area (Å²) in [6, 6.07) is -0.0750. The van der Waals surface area contributed by atoms with Gasteiger partial charge in [0.1, 0.15) is 0 Å². The number of nitrogens with zero attached hydrogens (tertiary/aromatic N) is 3. The first kappa shape index (κ1) is 7.48. The molecule has 0 saturated carbocycles. The van der Waals surface area contributed by atoms with Crippen molar-refractivity contribution in [3.05, 3.63) is 5.38 Å². The molecular weight excluding hydrogens is 176 g/mol. The first-order chi connectivity index (χ1) is 5.88. The molecule has 1 fully saturated rings. The van der Waals surface area contributed by atoms with Crippen LogP contribution in [0.4, 0.5) is 10.6 Å². The van der Waals surface area contributed by atoms with Crippen molar-refractivity contribution in [1.29, 1.82) is 0 Å². The number of nitrogens with one attached hydrogen (secondary N) is 1. The van der Waals surface area contributed by atoms with E-state index in [1.807, 2.05) is 0 Å². The minimum atomic E-state index is -0.0750. The average Bonchev–Trinajstić information content (AvgIpc) is 2.57. The molecule has 2 amide bonds. The van der Waals surface area contributed by atoms with Gasteiger partial charge >= 0.3 is 6.03 Å². The second kappa shape index (κ2) is 3.06. The molecule has 0 spiro atoms. The lowest BCUT2D eigenvalue weighted by Gasteiger charge is -2.24. The fourth-order valence-electron chi connectivity index (χ4n) is 1.13. The minimum Gasteiger partial charge on any atom is -0.338 e. The molecule has 64 valence electrons. The van der Waals surface area contributed by atoms with E-state index in [4.69, 9.17) is 0 Å². The van der Waals surface area contributed by atoms with Gasteiger partial charge in [0.2, 0.25) is 0 Å². The number of carbonyl (C=O) groups excluding carboxylic acids is 1. The molecule has 1 aromatic heterocycles. The Morgan fingerprint density at radius 3 is 3.25 bits per heavy atom. The normalized spacial score (nSPS) is 17.7. The topological polar surface area (TPSA) is 58.1 Å². The maximum absolute atomic E-state index is 11.2. The fourth-order valence-corrected chi connectivity index (χ4v) is 1.57. The Bertz CT molecular complexity index is 273. The van der Waals surface area contributed by atoms with Gasteiger partial charge in [0, 0.05) is 13.1 Å². The van der Waals surface area contributed by atoms with Crippen molar-refractivity contribution in [2.75, 3.05) is 18.0 Å². The van der Waals surface area contributed by atoms with Gasteiger partial charge in [-0.25, -0.2) is 4.79 Å². The largest absolute Gasteiger partial charge is 0.338 e. The van der Waals surface area contributed by atoms with E-state index < -0.39 is 0 Å². The van der Waals surface area contributed by atoms with Crippen LogP contribution in [0.1, 0.15) is 6.42 Å². The van der Waals surface area contributed by atoms with Crippen LogP contribution in [0.15, 0.2) is 5.38 Å². The fraction of sp³-hybridized carbons (Fsp3) is 0.500. The Kier molecular flexibility index (Phi) is 1.91. The Labute approximate surface area is 73.5 Å². The Morgan fingerprint density at radius 1 is 1.67 bits per heavy atom. The zero-order valence-electron chi connectivity index (χ0n) is 6.36. The van der Waals surface area contributed by atoms with Crippen LogP contribution in [-0.4, -0.2) is 28.7 Å². The van der Waals surface area contributed by atoms with Crippen LogP contribution in [0.25, 0.3) is 0 Å². The van der Waals surface area contributed by atoms with E-state index in [0.29, 0.717) is 5.82 Å². The molecule has 12 heavy (non-hydrogen) atoms. The monoisotopic (exact) mass is 184 g/mol. The van der Waals surface area contributed by atoms with Gasteiger partial charge in [0.15, 0.2) is 5.82 Å². The molecule has 0 aliphatic carbocycles. The zero-order chi connectivity index (χ0) is 8.39. The van der Waals surface area contributed by atoms with Crippen LogP contribution >= 0.6 is 11.5 Å². The molecule has 1 saturated heterocycles. The van der Waals surface area contributed by atoms with Gasteiger partial charge in [0.25, 0.3) is 0 Å². The second-order valence-corrected chi connectivity index (χ2v) is 3.11. The van der Waals surface area contributed by atoms with Crippen LogP contribution in [0.3, 0.4) is 0 Å². The molecule has 0 atom stereocenters. The number of amides is 2. The predicted molar refractivity (Wildman–Crippen MR) is 45.3 cm³/mol. The number of urea groups is 1. The Morgan fingerprint density at radius 2 is 2.58 bits per heavy atom. The summed E-state index contributed by atoms with van der Waals surface area (Å²) in [4.78, 5) is 12.8. The SMILES string of the molecule is O=C1NCCCN1c1csnn1. The van der Waals surface area contributed by atoms with Crippen molar-refractivity contribution in [3.63, 3.8) is 0 Å². The van der Waals surface area contributed by atoms with E-state index >= 15 is 0 Å². The Balaban J connectivity index is 2.17. The van der Waals surface area contributed by atoms with Crippen molar-refractivity contribution in [2.24, 2.45) is 0 Å². The van der Waals surface area contributed by atoms with Crippen LogP contribution in [0.5, 0.6) is 0 Å². The maximum Gasteiger partial charge on any atom is 0.323 e. The number of anilines is 1. The van der Waals surface area contributed by atoms with Crippen molar-refractivity contribution < 1.29 is 4.79 Å². The lowest BCUT2D eigenvalue weighted by molar-refractivity contribution is 0.242. The summed E-state index contributed by atoms with van der Waals surface area (Å²) in [5, 5.41) is 8.34. The van der Waals surface area contributed by atoms with E-state index in [1.165, 1.54) is 11.5 Å². The third-order valence-electron chi connectivity index (χ3n) is 1.70. The molecule has 1 aromatic rings. The van der Waals surface area contributed by atoms with Crippen molar-refractivity contribution in [3.8, 4) is 0 Å². The van der Waals surface area contributed by atoms with Gasteiger partial charge in [-0.05, 0) is 18.0 Å². The lowest BCUT2D eigenvalue weighted by Crippen LogP contribution is -2.46. The van der Waals surface area contributed by atoms with Gasteiger partial charge in [-0.1, -0.05) is 4.49 Å². The van der Waals surface area contributed by atoms with Gasteiger partial charge in [-0.3, -0.25) is 4.90 Å². The summed E-state index contributed by atoms with van der Waals surface area (Å²) in [5.41, 5.74) is 0. The second-order valence-electron chi connectivity index (χ2n) is 2.50. The quantitative estimate of drug-likeness (QED) is 0.689. The molecular formula is C6H8N4OS. The van der Waals surface area contributed by atoms with Gasteiger partial charge in [0.05, 0.1) is 5.38 Å². The number of hydrogen-bond donors (Lipinski definition) is 1. The highest BCUT2D eigenvalue weighted by molar-refractivity contribution is 7.03. The highest BCUT2D eigenvalue weighted by Gasteiger charge is 2.20. The zero-order valence-corrected chi connectivity index (χ0v) is 7.17. The molecule has 2 heterocycles. The molecule has 0 unspecified atom stereocenters. The van der Waals surface area contributed by atoms with Crippen LogP contribution in [-0.2, 0) is 0 Å². The first-order valence-electron chi connectivity index (χ1n) is 3.70. The number of carbonyl (C=O) groups is 1. The lowest BCUT2D eigenvalue weighted by atomic mass is 10.3. The molecule has 1 N–H and O–H groups in total. The third kappa shape index (κ3) is 1.25. The van der Waals surface area contributed by atoms with E-state index in [-0.39, 0.29) is 6.03 Å². The molecule has 1 aliphatic rings. The van der Waals surface area contributed by atoms with Crippen molar-refractivity contribution in [1.82, 2.24) is 14.9 Å². The standard InChI is InChI=1S/C6H8N4OS/c11-6-7-2-1-3-10(6)5-4-12-9-8-5/h4H,1-3H2,(H,7,11). The van der Waals surface area contributed by atoms with Crippen LogP contribution < -0.4 is 10.2 Å². The molecule has 2 rings (SSSR count). The van der Waals surface area contributed by atoms with Crippen LogP contribution in [0, 0.1) is 0 Å². The molecule has 0 bridgehead atoms. The van der Waals surface area contributed by atoms with E-state index in [2.05, 4.69) is 14.9 Å². The third-order valence-corrected chi connectivity index (χ3v) is 2.20. The van der Waals surface area contributed by atoms with Crippen LogP contribution in [0.2, 0.25) is 0 Å². The number of rotatable bonds is 1. The highest BCUT2D eigenvalue weighted by atomic mass is 32.1. The van der Waals surface area contributed by atoms with E-state index in [0.717, 1.165) is 19.5 Å². The van der Waals surface area contributed by atoms with Crippen molar-refractivity contribution >= 4 is 23.4 Å². The van der Waals surface area contributed by atoms with E-state index in [9.17, 15) is 4.79 Å². The smallest absolute Gasteiger partial charge is 0.323 e. The average molecular weight is 184 g/mol. The summed E-state index contributed by atoms with van der Waals surface area (Å²) in [6.45, 7) is 1.49. The summed E-state index contributed by atoms with van der Waals surface area (Å²) < 4.78 is 3.70. The first-order valence-corrected chi connectivity index (χ1v) is 4.54. The van der Waals surface area contributed by atoms with Gasteiger partial charge in [-0.15, -0.1) is 5.10 Å². The molecule has 0 aromatic carbocycles. The highest BCUT2D eigenvalue weighted by Crippen LogP contribution is 2.13. The van der Waals surface area contributed by atoms with Gasteiger partial charge in [-0.2, -0.15) is 0 Å². The predicted octanol–water partition coefficient (Wildman–Crippen LogP) is 0.458. The minimum absolute atomic E-state index is 0.0750. The molecule has 5 nitrogen and oxygen atoms in total. The molecule has 6 heteroatoms. The number of aromatic nitrogens is 2. The number of hydrogen-bond acceptors (Lipinski definition) is 4. The van der Waals surface area contributed by atoms with Gasteiger partial charge < -0.3 is 5.32 Å². The Hall–Kier alpha value is -1.17. The molecule has 0 radical (unpaired) electrons.